The maximum Gasteiger partial charge on any atom is 0.315 e. The fourth-order valence-corrected chi connectivity index (χ4v) is 3.38. The molecule has 7 heteroatoms. The molecule has 1 aromatic heterocycles. The van der Waals surface area contributed by atoms with Crippen molar-refractivity contribution in [3.05, 3.63) is 51.2 Å². The first-order valence-electron chi connectivity index (χ1n) is 7.47. The summed E-state index contributed by atoms with van der Waals surface area (Å²) >= 11 is 1.57. The van der Waals surface area contributed by atoms with Gasteiger partial charge in [0.25, 0.3) is 0 Å². The van der Waals surface area contributed by atoms with Crippen LogP contribution in [0.25, 0.3) is 0 Å². The average molecular weight is 335 g/mol. The average Bonchev–Trinajstić information content (AvgIpc) is 2.96. The minimum atomic E-state index is -0.290. The van der Waals surface area contributed by atoms with Gasteiger partial charge in [0, 0.05) is 6.42 Å². The number of halogens is 1. The zero-order valence-electron chi connectivity index (χ0n) is 12.8. The van der Waals surface area contributed by atoms with Gasteiger partial charge < -0.3 is 15.4 Å². The van der Waals surface area contributed by atoms with E-state index in [1.807, 2.05) is 6.92 Å². The normalized spacial score (nSPS) is 14.9. The van der Waals surface area contributed by atoms with Crippen LogP contribution in [-0.4, -0.2) is 17.6 Å². The maximum absolute atomic E-state index is 12.9. The van der Waals surface area contributed by atoms with Gasteiger partial charge in [0.05, 0.1) is 36.4 Å². The highest BCUT2D eigenvalue weighted by Gasteiger charge is 2.16. The molecule has 122 valence electrons. The third kappa shape index (κ3) is 4.05. The lowest BCUT2D eigenvalue weighted by Gasteiger charge is -2.14. The summed E-state index contributed by atoms with van der Waals surface area (Å²) in [6.45, 7) is 3.56. The quantitative estimate of drug-likeness (QED) is 0.903. The van der Waals surface area contributed by atoms with Crippen molar-refractivity contribution in [1.29, 1.82) is 0 Å². The van der Waals surface area contributed by atoms with E-state index in [2.05, 4.69) is 15.6 Å². The third-order valence-electron chi connectivity index (χ3n) is 3.66. The molecule has 0 fully saturated rings. The number of ether oxygens (including phenoxy) is 1. The number of hydrogen-bond acceptors (Lipinski definition) is 4. The lowest BCUT2D eigenvalue weighted by atomic mass is 10.1. The second-order valence-corrected chi connectivity index (χ2v) is 6.55. The number of rotatable bonds is 4. The van der Waals surface area contributed by atoms with Crippen LogP contribution in [0.1, 0.15) is 34.1 Å². The van der Waals surface area contributed by atoms with Gasteiger partial charge in [-0.2, -0.15) is 0 Å². The van der Waals surface area contributed by atoms with E-state index in [4.69, 9.17) is 4.74 Å². The molecule has 2 aromatic rings. The largest absolute Gasteiger partial charge is 0.375 e. The first-order chi connectivity index (χ1) is 11.1. The molecule has 0 bridgehead atoms. The van der Waals surface area contributed by atoms with Gasteiger partial charge in [0.1, 0.15) is 10.8 Å². The molecule has 0 radical (unpaired) electrons. The molecule has 5 nitrogen and oxygen atoms in total. The minimum Gasteiger partial charge on any atom is -0.375 e. The molecule has 0 saturated heterocycles. The Morgan fingerprint density at radius 2 is 2.22 bits per heavy atom. The van der Waals surface area contributed by atoms with Crippen molar-refractivity contribution in [2.45, 2.75) is 32.5 Å². The van der Waals surface area contributed by atoms with E-state index in [-0.39, 0.29) is 17.9 Å². The molecular formula is C16H18FN3O2S. The lowest BCUT2D eigenvalue weighted by Crippen LogP contribution is -2.36. The Morgan fingerprint density at radius 1 is 1.43 bits per heavy atom. The van der Waals surface area contributed by atoms with Gasteiger partial charge in [-0.15, -0.1) is 11.3 Å². The number of nitrogens with zero attached hydrogens (tertiary/aromatic N) is 1. The molecule has 2 N–H and O–H groups in total. The number of carbonyl (C=O) groups is 1. The Balaban J connectivity index is 1.51. The molecule has 0 saturated carbocycles. The van der Waals surface area contributed by atoms with Crippen molar-refractivity contribution in [2.24, 2.45) is 0 Å². The van der Waals surface area contributed by atoms with E-state index in [9.17, 15) is 9.18 Å². The fourth-order valence-electron chi connectivity index (χ4n) is 2.39. The number of carbonyl (C=O) groups excluding carboxylic acids is 1. The number of urea groups is 1. The Labute approximate surface area is 137 Å². The number of aromatic nitrogens is 1. The topological polar surface area (TPSA) is 63.2 Å². The van der Waals surface area contributed by atoms with Gasteiger partial charge in [-0.1, -0.05) is 12.1 Å². The minimum absolute atomic E-state index is 0.200. The SMILES string of the molecule is C[C@@H](NC(=O)NCc1nc2c(s1)COCC2)c1ccc(F)cc1. The van der Waals surface area contributed by atoms with Gasteiger partial charge in [-0.05, 0) is 24.6 Å². The lowest BCUT2D eigenvalue weighted by molar-refractivity contribution is 0.112. The van der Waals surface area contributed by atoms with E-state index < -0.39 is 0 Å². The van der Waals surface area contributed by atoms with Gasteiger partial charge in [0.2, 0.25) is 0 Å². The van der Waals surface area contributed by atoms with Crippen LogP contribution >= 0.6 is 11.3 Å². The number of hydrogen-bond donors (Lipinski definition) is 2. The summed E-state index contributed by atoms with van der Waals surface area (Å²) < 4.78 is 18.3. The molecular weight excluding hydrogens is 317 g/mol. The van der Waals surface area contributed by atoms with Gasteiger partial charge in [0.15, 0.2) is 0 Å². The van der Waals surface area contributed by atoms with Gasteiger partial charge in [-0.25, -0.2) is 14.2 Å². The Kier molecular flexibility index (Phi) is 4.88. The van der Waals surface area contributed by atoms with Crippen LogP contribution in [0.2, 0.25) is 0 Å². The maximum atomic E-state index is 12.9. The van der Waals surface area contributed by atoms with Crippen molar-refractivity contribution >= 4 is 17.4 Å². The van der Waals surface area contributed by atoms with Crippen molar-refractivity contribution in [3.8, 4) is 0 Å². The summed E-state index contributed by atoms with van der Waals surface area (Å²) in [6, 6.07) is 5.62. The fraction of sp³-hybridized carbons (Fsp3) is 0.375. The molecule has 3 rings (SSSR count). The van der Waals surface area contributed by atoms with Crippen LogP contribution in [0.4, 0.5) is 9.18 Å². The molecule has 1 atom stereocenters. The van der Waals surface area contributed by atoms with Gasteiger partial charge in [-0.3, -0.25) is 0 Å². The van der Waals surface area contributed by atoms with Crippen LogP contribution < -0.4 is 10.6 Å². The molecule has 0 aliphatic carbocycles. The molecule has 23 heavy (non-hydrogen) atoms. The van der Waals surface area contributed by atoms with Crippen LogP contribution in [-0.2, 0) is 24.3 Å². The highest BCUT2D eigenvalue weighted by atomic mass is 32.1. The molecule has 1 aromatic carbocycles. The van der Waals surface area contributed by atoms with Crippen LogP contribution in [0.5, 0.6) is 0 Å². The van der Waals surface area contributed by atoms with Gasteiger partial charge >= 0.3 is 6.03 Å². The van der Waals surface area contributed by atoms with E-state index >= 15 is 0 Å². The summed E-state index contributed by atoms with van der Waals surface area (Å²) in [5, 5.41) is 6.51. The zero-order chi connectivity index (χ0) is 16.2. The smallest absolute Gasteiger partial charge is 0.315 e. The van der Waals surface area contributed by atoms with Crippen molar-refractivity contribution in [3.63, 3.8) is 0 Å². The first-order valence-corrected chi connectivity index (χ1v) is 8.28. The van der Waals surface area contributed by atoms with Crippen LogP contribution in [0, 0.1) is 5.82 Å². The summed E-state index contributed by atoms with van der Waals surface area (Å²) in [7, 11) is 0. The second-order valence-electron chi connectivity index (χ2n) is 5.38. The Bertz CT molecular complexity index is 664. The third-order valence-corrected chi connectivity index (χ3v) is 4.73. The van der Waals surface area contributed by atoms with Crippen LogP contribution in [0.15, 0.2) is 24.3 Å². The molecule has 2 heterocycles. The summed E-state index contributed by atoms with van der Waals surface area (Å²) in [5.41, 5.74) is 1.93. The Hall–Kier alpha value is -1.99. The highest BCUT2D eigenvalue weighted by Crippen LogP contribution is 2.23. The Morgan fingerprint density at radius 3 is 2.96 bits per heavy atom. The zero-order valence-corrected chi connectivity index (χ0v) is 13.6. The number of fused-ring (bicyclic) bond motifs is 1. The first kappa shape index (κ1) is 15.9. The predicted octanol–water partition coefficient (Wildman–Crippen LogP) is 2.92. The number of amides is 2. The van der Waals surface area contributed by atoms with Crippen LogP contribution in [0.3, 0.4) is 0 Å². The van der Waals surface area contributed by atoms with Crippen molar-refractivity contribution in [1.82, 2.24) is 15.6 Å². The standard InChI is InChI=1S/C16H18FN3O2S/c1-10(11-2-4-12(17)5-3-11)19-16(21)18-8-15-20-13-6-7-22-9-14(13)23-15/h2-5,10H,6-9H2,1H3,(H2,18,19,21)/t10-/m1/s1. The molecule has 2 amide bonds. The monoisotopic (exact) mass is 335 g/mol. The van der Waals surface area contributed by atoms with Crippen molar-refractivity contribution in [2.75, 3.05) is 6.61 Å². The summed E-state index contributed by atoms with van der Waals surface area (Å²) in [5.74, 6) is -0.290. The van der Waals surface area contributed by atoms with E-state index in [0.717, 1.165) is 27.6 Å². The molecule has 1 aliphatic heterocycles. The highest BCUT2D eigenvalue weighted by molar-refractivity contribution is 7.11. The van der Waals surface area contributed by atoms with Crippen molar-refractivity contribution < 1.29 is 13.9 Å². The summed E-state index contributed by atoms with van der Waals surface area (Å²) in [4.78, 5) is 17.6. The summed E-state index contributed by atoms with van der Waals surface area (Å²) in [6.07, 6.45) is 0.833. The molecule has 0 spiro atoms. The van der Waals surface area contributed by atoms with E-state index in [1.165, 1.54) is 12.1 Å². The van der Waals surface area contributed by atoms with E-state index in [1.54, 1.807) is 23.5 Å². The van der Waals surface area contributed by atoms with E-state index in [0.29, 0.717) is 19.8 Å². The second kappa shape index (κ2) is 7.06. The number of nitrogens with one attached hydrogen (secondary N) is 2. The predicted molar refractivity (Wildman–Crippen MR) is 85.7 cm³/mol. The molecule has 1 aliphatic rings. The number of thiazole rings is 1. The number of benzene rings is 1. The molecule has 0 unspecified atom stereocenters.